The first-order valence-electron chi connectivity index (χ1n) is 3.82. The van der Waals surface area contributed by atoms with Gasteiger partial charge in [0, 0.05) is 5.69 Å². The fourth-order valence-electron chi connectivity index (χ4n) is 0.855. The van der Waals surface area contributed by atoms with Gasteiger partial charge >= 0.3 is 12.0 Å². The van der Waals surface area contributed by atoms with E-state index in [-0.39, 0.29) is 11.7 Å². The number of aryl methyl sites for hydroxylation is 1. The maximum atomic E-state index is 10.6. The summed E-state index contributed by atoms with van der Waals surface area (Å²) in [5, 5.41) is 8.68. The van der Waals surface area contributed by atoms with E-state index in [4.69, 9.17) is 9.84 Å². The summed E-state index contributed by atoms with van der Waals surface area (Å²) in [6, 6.07) is 1.53. The van der Waals surface area contributed by atoms with Gasteiger partial charge in [0.25, 0.3) is 0 Å². The minimum absolute atomic E-state index is 0.0382. The molecule has 0 bridgehead atoms. The smallest absolute Gasteiger partial charge is 0.354 e. The highest BCUT2D eigenvalue weighted by Gasteiger charge is 2.09. The van der Waals surface area contributed by atoms with Crippen molar-refractivity contribution in [3.8, 4) is 6.01 Å². The van der Waals surface area contributed by atoms with Crippen molar-refractivity contribution in [2.75, 3.05) is 7.11 Å². The van der Waals surface area contributed by atoms with Gasteiger partial charge in [-0.2, -0.15) is 4.98 Å². The topological polar surface area (TPSA) is 72.3 Å². The summed E-state index contributed by atoms with van der Waals surface area (Å²) in [4.78, 5) is 18.2. The maximum absolute atomic E-state index is 10.6. The highest BCUT2D eigenvalue weighted by atomic mass is 16.5. The van der Waals surface area contributed by atoms with E-state index in [1.807, 2.05) is 6.92 Å². The molecule has 0 aliphatic rings. The molecule has 0 atom stereocenters. The normalized spacial score (nSPS) is 9.69. The third kappa shape index (κ3) is 2.14. The minimum atomic E-state index is -1.07. The van der Waals surface area contributed by atoms with Crippen LogP contribution in [0.3, 0.4) is 0 Å². The van der Waals surface area contributed by atoms with Crippen LogP contribution in [0.25, 0.3) is 0 Å². The average Bonchev–Trinajstić information content (AvgIpc) is 2.16. The lowest BCUT2D eigenvalue weighted by atomic mass is 10.3. The molecule has 5 nitrogen and oxygen atoms in total. The van der Waals surface area contributed by atoms with Crippen LogP contribution in [-0.4, -0.2) is 28.2 Å². The highest BCUT2D eigenvalue weighted by Crippen LogP contribution is 2.07. The molecule has 0 amide bonds. The molecule has 1 heterocycles. The largest absolute Gasteiger partial charge is 0.477 e. The number of carboxylic acids is 1. The first kappa shape index (κ1) is 9.44. The monoisotopic (exact) mass is 182 g/mol. The van der Waals surface area contributed by atoms with Crippen molar-refractivity contribution in [1.82, 2.24) is 9.97 Å². The number of hydrogen-bond donors (Lipinski definition) is 1. The quantitative estimate of drug-likeness (QED) is 0.746. The first-order valence-corrected chi connectivity index (χ1v) is 3.82. The number of hydrogen-bond acceptors (Lipinski definition) is 4. The molecule has 5 heteroatoms. The number of carbonyl (C=O) groups is 1. The van der Waals surface area contributed by atoms with Crippen molar-refractivity contribution in [2.24, 2.45) is 0 Å². The van der Waals surface area contributed by atoms with E-state index in [0.29, 0.717) is 12.1 Å². The number of methoxy groups -OCH3 is 1. The van der Waals surface area contributed by atoms with Gasteiger partial charge in [-0.15, -0.1) is 0 Å². The lowest BCUT2D eigenvalue weighted by Crippen LogP contribution is -2.05. The van der Waals surface area contributed by atoms with Gasteiger partial charge in [0.15, 0.2) is 5.69 Å². The number of aromatic nitrogens is 2. The minimum Gasteiger partial charge on any atom is -0.477 e. The first-order chi connectivity index (χ1) is 6.17. The second-order valence-corrected chi connectivity index (χ2v) is 2.39. The van der Waals surface area contributed by atoms with Gasteiger partial charge in [0.05, 0.1) is 7.11 Å². The fourth-order valence-corrected chi connectivity index (χ4v) is 0.855. The summed E-state index contributed by atoms with van der Waals surface area (Å²) in [6.45, 7) is 1.88. The van der Waals surface area contributed by atoms with Crippen LogP contribution in [0.15, 0.2) is 6.07 Å². The standard InChI is InChI=1S/C8H10N2O3/c1-3-5-4-6(7(11)12)10-8(9-5)13-2/h4H,3H2,1-2H3,(H,11,12). The van der Waals surface area contributed by atoms with Crippen molar-refractivity contribution < 1.29 is 14.6 Å². The average molecular weight is 182 g/mol. The third-order valence-corrected chi connectivity index (χ3v) is 1.52. The van der Waals surface area contributed by atoms with E-state index in [2.05, 4.69) is 9.97 Å². The number of rotatable bonds is 3. The van der Waals surface area contributed by atoms with Crippen molar-refractivity contribution in [3.63, 3.8) is 0 Å². The predicted octanol–water partition coefficient (Wildman–Crippen LogP) is 0.746. The number of aromatic carboxylic acids is 1. The van der Waals surface area contributed by atoms with Gasteiger partial charge in [-0.25, -0.2) is 9.78 Å². The van der Waals surface area contributed by atoms with Gasteiger partial charge < -0.3 is 9.84 Å². The van der Waals surface area contributed by atoms with E-state index in [1.165, 1.54) is 13.2 Å². The maximum Gasteiger partial charge on any atom is 0.354 e. The lowest BCUT2D eigenvalue weighted by molar-refractivity contribution is 0.0689. The molecule has 0 unspecified atom stereocenters. The predicted molar refractivity (Wildman–Crippen MR) is 44.9 cm³/mol. The zero-order valence-corrected chi connectivity index (χ0v) is 7.44. The molecule has 0 spiro atoms. The van der Waals surface area contributed by atoms with Gasteiger partial charge in [-0.1, -0.05) is 6.92 Å². The van der Waals surface area contributed by atoms with Crippen LogP contribution in [0.1, 0.15) is 23.1 Å². The Labute approximate surface area is 75.4 Å². The van der Waals surface area contributed by atoms with Crippen LogP contribution >= 0.6 is 0 Å². The molecule has 1 aromatic heterocycles. The van der Waals surface area contributed by atoms with Gasteiger partial charge in [0.1, 0.15) is 0 Å². The van der Waals surface area contributed by atoms with Crippen molar-refractivity contribution in [2.45, 2.75) is 13.3 Å². The Kier molecular flexibility index (Phi) is 2.79. The molecular weight excluding hydrogens is 172 g/mol. The summed E-state index contributed by atoms with van der Waals surface area (Å²) < 4.78 is 4.76. The summed E-state index contributed by atoms with van der Waals surface area (Å²) in [5.74, 6) is -1.07. The van der Waals surface area contributed by atoms with E-state index in [1.54, 1.807) is 0 Å². The zero-order chi connectivity index (χ0) is 9.84. The third-order valence-electron chi connectivity index (χ3n) is 1.52. The molecule has 70 valence electrons. The van der Waals surface area contributed by atoms with Crippen LogP contribution in [0, 0.1) is 0 Å². The Morgan fingerprint density at radius 1 is 1.62 bits per heavy atom. The van der Waals surface area contributed by atoms with E-state index in [9.17, 15) is 4.79 Å². The molecule has 0 aliphatic heterocycles. The molecule has 0 saturated carbocycles. The van der Waals surface area contributed by atoms with Crippen LogP contribution in [0.2, 0.25) is 0 Å². The fraction of sp³-hybridized carbons (Fsp3) is 0.375. The van der Waals surface area contributed by atoms with E-state index >= 15 is 0 Å². The highest BCUT2D eigenvalue weighted by molar-refractivity contribution is 5.85. The van der Waals surface area contributed by atoms with E-state index < -0.39 is 5.97 Å². The van der Waals surface area contributed by atoms with Crippen molar-refractivity contribution in [3.05, 3.63) is 17.5 Å². The summed E-state index contributed by atoms with van der Waals surface area (Å²) in [6.07, 6.45) is 0.652. The lowest BCUT2D eigenvalue weighted by Gasteiger charge is -2.01. The number of nitrogens with zero attached hydrogens (tertiary/aromatic N) is 2. The molecule has 1 N–H and O–H groups in total. The molecule has 0 saturated heterocycles. The van der Waals surface area contributed by atoms with Crippen LogP contribution < -0.4 is 4.74 Å². The molecular formula is C8H10N2O3. The number of carboxylic acid groups (broad SMARTS) is 1. The molecule has 13 heavy (non-hydrogen) atoms. The Balaban J connectivity index is 3.14. The van der Waals surface area contributed by atoms with Crippen molar-refractivity contribution in [1.29, 1.82) is 0 Å². The SMILES string of the molecule is CCc1cc(C(=O)O)nc(OC)n1. The summed E-state index contributed by atoms with van der Waals surface area (Å²) >= 11 is 0. The molecule has 0 radical (unpaired) electrons. The second kappa shape index (κ2) is 3.84. The molecule has 0 aliphatic carbocycles. The molecule has 1 aromatic rings. The molecule has 1 rings (SSSR count). The van der Waals surface area contributed by atoms with Gasteiger partial charge in [-0.3, -0.25) is 0 Å². The van der Waals surface area contributed by atoms with Crippen molar-refractivity contribution >= 4 is 5.97 Å². The second-order valence-electron chi connectivity index (χ2n) is 2.39. The zero-order valence-electron chi connectivity index (χ0n) is 7.44. The summed E-state index contributed by atoms with van der Waals surface area (Å²) in [5.41, 5.74) is 0.618. The van der Waals surface area contributed by atoms with Gasteiger partial charge in [0.2, 0.25) is 0 Å². The Morgan fingerprint density at radius 2 is 2.31 bits per heavy atom. The Morgan fingerprint density at radius 3 is 2.77 bits per heavy atom. The van der Waals surface area contributed by atoms with Crippen LogP contribution in [0.5, 0.6) is 6.01 Å². The Hall–Kier alpha value is -1.65. The summed E-state index contributed by atoms with van der Waals surface area (Å²) in [7, 11) is 1.40. The Bertz CT molecular complexity index is 303. The molecule has 0 aromatic carbocycles. The van der Waals surface area contributed by atoms with Crippen LogP contribution in [0.4, 0.5) is 0 Å². The molecule has 0 fully saturated rings. The van der Waals surface area contributed by atoms with E-state index in [0.717, 1.165) is 0 Å². The van der Waals surface area contributed by atoms with Gasteiger partial charge in [-0.05, 0) is 12.5 Å². The number of ether oxygens (including phenoxy) is 1. The van der Waals surface area contributed by atoms with Crippen LogP contribution in [-0.2, 0) is 6.42 Å².